The van der Waals surface area contributed by atoms with Gasteiger partial charge in [-0.1, -0.05) is 6.07 Å². The number of carbonyl (C=O) groups is 3. The van der Waals surface area contributed by atoms with E-state index in [1.807, 2.05) is 17.0 Å². The molecule has 2 rings (SSSR count). The Hall–Kier alpha value is -2.81. The third kappa shape index (κ3) is 5.35. The van der Waals surface area contributed by atoms with Crippen LogP contribution in [0, 0.1) is 0 Å². The van der Waals surface area contributed by atoms with Gasteiger partial charge in [0.15, 0.2) is 0 Å². The van der Waals surface area contributed by atoms with Gasteiger partial charge in [0, 0.05) is 38.3 Å². The minimum absolute atomic E-state index is 0.0300. The maximum Gasteiger partial charge on any atom is 0.325 e. The number of likely N-dealkylation sites (N-methyl/N-ethyl adjacent to an activating group) is 1. The normalized spacial score (nSPS) is 16.9. The van der Waals surface area contributed by atoms with Crippen molar-refractivity contribution >= 4 is 17.8 Å². The first kappa shape index (κ1) is 21.5. The number of hydrogen-bond acceptors (Lipinski definition) is 7. The number of rotatable bonds is 8. The van der Waals surface area contributed by atoms with Gasteiger partial charge in [-0.2, -0.15) is 0 Å². The van der Waals surface area contributed by atoms with Crippen LogP contribution in [0.25, 0.3) is 0 Å². The highest BCUT2D eigenvalue weighted by Gasteiger charge is 2.33. The molecule has 0 aromatic heterocycles. The minimum Gasteiger partial charge on any atom is -0.497 e. The molecule has 154 valence electrons. The zero-order valence-corrected chi connectivity index (χ0v) is 16.7. The molecule has 1 aliphatic rings. The Bertz CT molecular complexity index is 724. The molecule has 0 spiro atoms. The summed E-state index contributed by atoms with van der Waals surface area (Å²) in [5.41, 5.74) is 0.887. The molecule has 1 saturated heterocycles. The molecule has 1 fully saturated rings. The largest absolute Gasteiger partial charge is 0.497 e. The molecule has 2 amide bonds. The molecule has 1 unspecified atom stereocenters. The van der Waals surface area contributed by atoms with Gasteiger partial charge in [-0.25, -0.2) is 0 Å². The predicted octanol–water partition coefficient (Wildman–Crippen LogP) is 0.0257. The number of piperazine rings is 1. The van der Waals surface area contributed by atoms with E-state index in [4.69, 9.17) is 9.47 Å². The van der Waals surface area contributed by atoms with Crippen LogP contribution in [0.5, 0.6) is 11.5 Å². The first-order valence-corrected chi connectivity index (χ1v) is 8.93. The van der Waals surface area contributed by atoms with Crippen LogP contribution in [0.4, 0.5) is 0 Å². The van der Waals surface area contributed by atoms with Gasteiger partial charge in [0.1, 0.15) is 18.0 Å². The SMILES string of the molecule is COC(=O)CN(C)C(=O)CC1C(=O)NCCN1Cc1ccc(OC)cc1OC. The lowest BCUT2D eigenvalue weighted by molar-refractivity contribution is -0.147. The number of ether oxygens (including phenoxy) is 3. The number of hydrogen-bond donors (Lipinski definition) is 1. The van der Waals surface area contributed by atoms with Crippen LogP contribution >= 0.6 is 0 Å². The molecule has 28 heavy (non-hydrogen) atoms. The molecule has 0 aliphatic carbocycles. The summed E-state index contributed by atoms with van der Waals surface area (Å²) in [6.45, 7) is 1.38. The summed E-state index contributed by atoms with van der Waals surface area (Å²) in [6, 6.07) is 4.86. The third-order valence-electron chi connectivity index (χ3n) is 4.70. The number of esters is 1. The molecule has 1 atom stereocenters. The molecule has 1 aromatic carbocycles. The van der Waals surface area contributed by atoms with Crippen molar-refractivity contribution in [3.8, 4) is 11.5 Å². The monoisotopic (exact) mass is 393 g/mol. The van der Waals surface area contributed by atoms with Crippen molar-refractivity contribution in [2.75, 3.05) is 48.0 Å². The Morgan fingerprint density at radius 2 is 2.00 bits per heavy atom. The lowest BCUT2D eigenvalue weighted by Gasteiger charge is -2.35. The number of nitrogens with zero attached hydrogens (tertiary/aromatic N) is 2. The molecule has 9 heteroatoms. The van der Waals surface area contributed by atoms with Crippen molar-refractivity contribution in [1.29, 1.82) is 0 Å². The van der Waals surface area contributed by atoms with Crippen LogP contribution in [0.15, 0.2) is 18.2 Å². The van der Waals surface area contributed by atoms with Crippen molar-refractivity contribution < 1.29 is 28.6 Å². The zero-order chi connectivity index (χ0) is 20.7. The van der Waals surface area contributed by atoms with Crippen LogP contribution in [-0.4, -0.2) is 81.6 Å². The van der Waals surface area contributed by atoms with E-state index in [9.17, 15) is 14.4 Å². The molecule has 9 nitrogen and oxygen atoms in total. The lowest BCUT2D eigenvalue weighted by atomic mass is 10.1. The summed E-state index contributed by atoms with van der Waals surface area (Å²) in [7, 11) is 5.93. The van der Waals surface area contributed by atoms with Gasteiger partial charge < -0.3 is 24.4 Å². The van der Waals surface area contributed by atoms with Crippen LogP contribution in [0.3, 0.4) is 0 Å². The van der Waals surface area contributed by atoms with Gasteiger partial charge in [0.05, 0.1) is 33.8 Å². The highest BCUT2D eigenvalue weighted by Crippen LogP contribution is 2.27. The summed E-state index contributed by atoms with van der Waals surface area (Å²) in [5, 5.41) is 2.80. The number of methoxy groups -OCH3 is 3. The van der Waals surface area contributed by atoms with E-state index in [0.717, 1.165) is 5.56 Å². The van der Waals surface area contributed by atoms with Crippen LogP contribution < -0.4 is 14.8 Å². The average molecular weight is 393 g/mol. The Kier molecular flexibility index (Phi) is 7.62. The van der Waals surface area contributed by atoms with Crippen LogP contribution in [0.1, 0.15) is 12.0 Å². The van der Waals surface area contributed by atoms with Gasteiger partial charge in [0.25, 0.3) is 0 Å². The standard InChI is InChI=1S/C19H27N3O6/c1-21(12-18(24)28-4)17(23)10-15-19(25)20-7-8-22(15)11-13-5-6-14(26-2)9-16(13)27-3/h5-6,9,15H,7-8,10-12H2,1-4H3,(H,20,25). The van der Waals surface area contributed by atoms with E-state index in [0.29, 0.717) is 31.1 Å². The topological polar surface area (TPSA) is 97.4 Å². The molecule has 1 N–H and O–H groups in total. The zero-order valence-electron chi connectivity index (χ0n) is 16.7. The summed E-state index contributed by atoms with van der Waals surface area (Å²) in [6.07, 6.45) is -0.0300. The third-order valence-corrected chi connectivity index (χ3v) is 4.70. The second kappa shape index (κ2) is 9.93. The van der Waals surface area contributed by atoms with Crippen LogP contribution in [-0.2, 0) is 25.7 Å². The van der Waals surface area contributed by atoms with Crippen molar-refractivity contribution in [3.63, 3.8) is 0 Å². The quantitative estimate of drug-likeness (QED) is 0.622. The first-order chi connectivity index (χ1) is 13.4. The van der Waals surface area contributed by atoms with Crippen molar-refractivity contribution in [3.05, 3.63) is 23.8 Å². The highest BCUT2D eigenvalue weighted by atomic mass is 16.5. The second-order valence-corrected chi connectivity index (χ2v) is 6.49. The molecular formula is C19H27N3O6. The average Bonchev–Trinajstić information content (AvgIpc) is 2.70. The highest BCUT2D eigenvalue weighted by molar-refractivity contribution is 5.90. The Morgan fingerprint density at radius 3 is 2.64 bits per heavy atom. The van der Waals surface area contributed by atoms with Crippen LogP contribution in [0.2, 0.25) is 0 Å². The predicted molar refractivity (Wildman–Crippen MR) is 101 cm³/mol. The van der Waals surface area contributed by atoms with Crippen molar-refractivity contribution in [2.45, 2.75) is 19.0 Å². The molecule has 1 heterocycles. The minimum atomic E-state index is -0.631. The summed E-state index contributed by atoms with van der Waals surface area (Å²) >= 11 is 0. The first-order valence-electron chi connectivity index (χ1n) is 8.93. The van der Waals surface area contributed by atoms with Gasteiger partial charge >= 0.3 is 5.97 Å². The second-order valence-electron chi connectivity index (χ2n) is 6.49. The van der Waals surface area contributed by atoms with Crippen molar-refractivity contribution in [2.24, 2.45) is 0 Å². The molecule has 0 bridgehead atoms. The maximum absolute atomic E-state index is 12.5. The molecule has 0 saturated carbocycles. The smallest absolute Gasteiger partial charge is 0.325 e. The number of nitrogens with one attached hydrogen (secondary N) is 1. The molecule has 1 aromatic rings. The van der Waals surface area contributed by atoms with E-state index in [2.05, 4.69) is 10.1 Å². The van der Waals surface area contributed by atoms with E-state index < -0.39 is 12.0 Å². The van der Waals surface area contributed by atoms with Gasteiger partial charge in [-0.05, 0) is 6.07 Å². The Balaban J connectivity index is 2.13. The van der Waals surface area contributed by atoms with Gasteiger partial charge in [0.2, 0.25) is 11.8 Å². The molecule has 0 radical (unpaired) electrons. The van der Waals surface area contributed by atoms with Crippen molar-refractivity contribution in [1.82, 2.24) is 15.1 Å². The summed E-state index contributed by atoms with van der Waals surface area (Å²) in [5.74, 6) is 0.299. The fourth-order valence-electron chi connectivity index (χ4n) is 3.04. The number of benzene rings is 1. The Morgan fingerprint density at radius 1 is 1.25 bits per heavy atom. The van der Waals surface area contributed by atoms with E-state index in [1.165, 1.54) is 19.1 Å². The Labute approximate surface area is 164 Å². The fraction of sp³-hybridized carbons (Fsp3) is 0.526. The number of amides is 2. The van der Waals surface area contributed by atoms with Gasteiger partial charge in [-0.3, -0.25) is 19.3 Å². The van der Waals surface area contributed by atoms with E-state index >= 15 is 0 Å². The van der Waals surface area contributed by atoms with E-state index in [-0.39, 0.29) is 24.8 Å². The van der Waals surface area contributed by atoms with E-state index in [1.54, 1.807) is 20.3 Å². The summed E-state index contributed by atoms with van der Waals surface area (Å²) in [4.78, 5) is 39.5. The summed E-state index contributed by atoms with van der Waals surface area (Å²) < 4.78 is 15.2. The fourth-order valence-corrected chi connectivity index (χ4v) is 3.04. The molecule has 1 aliphatic heterocycles. The number of carbonyl (C=O) groups excluding carboxylic acids is 3. The van der Waals surface area contributed by atoms with Gasteiger partial charge in [-0.15, -0.1) is 0 Å². The molecular weight excluding hydrogens is 366 g/mol. The lowest BCUT2D eigenvalue weighted by Crippen LogP contribution is -2.56. The maximum atomic E-state index is 12.5.